The maximum absolute atomic E-state index is 9.45. The van der Waals surface area contributed by atoms with Crippen LogP contribution in [0.25, 0.3) is 17.0 Å². The zero-order valence-corrected chi connectivity index (χ0v) is 15.4. The Morgan fingerprint density at radius 1 is 1.07 bits per heavy atom. The molecule has 0 atom stereocenters. The molecule has 0 unspecified atom stereocenters. The van der Waals surface area contributed by atoms with Crippen LogP contribution in [0.15, 0.2) is 74.0 Å². The third-order valence-electron chi connectivity index (χ3n) is 4.32. The molecule has 0 amide bonds. The van der Waals surface area contributed by atoms with Crippen molar-refractivity contribution in [2.75, 3.05) is 5.32 Å². The number of benzene rings is 2. The van der Waals surface area contributed by atoms with Crippen LogP contribution in [0, 0.1) is 11.3 Å². The minimum Gasteiger partial charge on any atom is -0.338 e. The summed E-state index contributed by atoms with van der Waals surface area (Å²) in [6, 6.07) is 20.0. The number of nitriles is 1. The molecule has 0 bridgehead atoms. The summed E-state index contributed by atoms with van der Waals surface area (Å²) in [5, 5.41) is 17.1. The van der Waals surface area contributed by atoms with Crippen molar-refractivity contribution in [2.24, 2.45) is 0 Å². The quantitative estimate of drug-likeness (QED) is 0.597. The van der Waals surface area contributed by atoms with E-state index in [0.717, 1.165) is 35.2 Å². The van der Waals surface area contributed by atoms with Crippen molar-refractivity contribution in [1.82, 2.24) is 9.78 Å². The smallest absolute Gasteiger partial charge is 0.170 e. The molecular formula is C23H22N4. The normalized spacial score (nSPS) is 10.2. The predicted octanol–water partition coefficient (Wildman–Crippen LogP) is 5.64. The Labute approximate surface area is 160 Å². The van der Waals surface area contributed by atoms with Crippen molar-refractivity contribution in [1.29, 1.82) is 5.26 Å². The first kappa shape index (κ1) is 18.2. The van der Waals surface area contributed by atoms with Crippen LogP contribution in [0.4, 0.5) is 5.82 Å². The van der Waals surface area contributed by atoms with Crippen LogP contribution in [0.2, 0.25) is 0 Å². The first-order valence-corrected chi connectivity index (χ1v) is 8.92. The average Bonchev–Trinajstić information content (AvgIpc) is 3.11. The number of allylic oxidation sites excluding steroid dienone is 1. The van der Waals surface area contributed by atoms with Gasteiger partial charge in [0.15, 0.2) is 5.82 Å². The first-order valence-electron chi connectivity index (χ1n) is 8.92. The molecule has 3 aromatic rings. The van der Waals surface area contributed by atoms with Crippen LogP contribution in [0.1, 0.15) is 36.5 Å². The number of nitrogens with zero attached hydrogens (tertiary/aromatic N) is 3. The van der Waals surface area contributed by atoms with E-state index in [-0.39, 0.29) is 0 Å². The predicted molar refractivity (Wildman–Crippen MR) is 111 cm³/mol. The highest BCUT2D eigenvalue weighted by atomic mass is 15.3. The molecule has 1 N–H and O–H groups in total. The summed E-state index contributed by atoms with van der Waals surface area (Å²) in [6.07, 6.45) is 3.78. The van der Waals surface area contributed by atoms with Crippen molar-refractivity contribution < 1.29 is 0 Å². The summed E-state index contributed by atoms with van der Waals surface area (Å²) >= 11 is 0. The summed E-state index contributed by atoms with van der Waals surface area (Å²) < 4.78 is 1.70. The number of nitrogens with one attached hydrogen (secondary N) is 1. The van der Waals surface area contributed by atoms with Crippen molar-refractivity contribution in [3.8, 4) is 11.8 Å². The maximum Gasteiger partial charge on any atom is 0.170 e. The van der Waals surface area contributed by atoms with E-state index < -0.39 is 0 Å². The fourth-order valence-electron chi connectivity index (χ4n) is 2.83. The third kappa shape index (κ3) is 4.16. The molecule has 0 fully saturated rings. The van der Waals surface area contributed by atoms with Crippen molar-refractivity contribution in [3.63, 3.8) is 0 Å². The Morgan fingerprint density at radius 3 is 2.41 bits per heavy atom. The lowest BCUT2D eigenvalue weighted by Gasteiger charge is -2.08. The van der Waals surface area contributed by atoms with Gasteiger partial charge < -0.3 is 5.32 Å². The van der Waals surface area contributed by atoms with Gasteiger partial charge in [0.05, 0.1) is 11.9 Å². The standard InChI is InChI=1S/C23H22N4/c1-4-8-17(2)19-11-13-22(14-12-19)27-16-21(15-24)23(26-27)25-18(3)20-9-6-5-7-10-20/h5-7,9-14,16H,2-4,8H2,1H3,(H,25,26). The monoisotopic (exact) mass is 354 g/mol. The molecule has 1 heterocycles. The van der Waals surface area contributed by atoms with Crippen LogP contribution >= 0.6 is 0 Å². The van der Waals surface area contributed by atoms with Gasteiger partial charge in [0, 0.05) is 5.70 Å². The highest BCUT2D eigenvalue weighted by Crippen LogP contribution is 2.23. The molecular weight excluding hydrogens is 332 g/mol. The van der Waals surface area contributed by atoms with Crippen LogP contribution in [0.5, 0.6) is 0 Å². The van der Waals surface area contributed by atoms with Gasteiger partial charge in [0.1, 0.15) is 11.6 Å². The maximum atomic E-state index is 9.45. The van der Waals surface area contributed by atoms with Gasteiger partial charge in [-0.15, -0.1) is 5.10 Å². The van der Waals surface area contributed by atoms with E-state index in [4.69, 9.17) is 0 Å². The molecule has 4 heteroatoms. The van der Waals surface area contributed by atoms with E-state index in [9.17, 15) is 5.26 Å². The molecule has 0 spiro atoms. The van der Waals surface area contributed by atoms with Gasteiger partial charge in [-0.3, -0.25) is 0 Å². The Kier molecular flexibility index (Phi) is 5.53. The van der Waals surface area contributed by atoms with Crippen LogP contribution in [-0.2, 0) is 0 Å². The largest absolute Gasteiger partial charge is 0.338 e. The summed E-state index contributed by atoms with van der Waals surface area (Å²) in [5.41, 5.74) is 5.26. The van der Waals surface area contributed by atoms with E-state index in [0.29, 0.717) is 17.1 Å². The lowest BCUT2D eigenvalue weighted by molar-refractivity contribution is 0.884. The molecule has 134 valence electrons. The molecule has 0 radical (unpaired) electrons. The van der Waals surface area contributed by atoms with E-state index >= 15 is 0 Å². The lowest BCUT2D eigenvalue weighted by Crippen LogP contribution is -2.01. The molecule has 0 saturated carbocycles. The molecule has 27 heavy (non-hydrogen) atoms. The van der Waals surface area contributed by atoms with Gasteiger partial charge in [-0.25, -0.2) is 4.68 Å². The van der Waals surface area contributed by atoms with Crippen LogP contribution in [0.3, 0.4) is 0 Å². The molecule has 0 saturated heterocycles. The summed E-state index contributed by atoms with van der Waals surface area (Å²) in [7, 11) is 0. The Morgan fingerprint density at radius 2 is 1.78 bits per heavy atom. The zero-order chi connectivity index (χ0) is 19.2. The number of hydrogen-bond acceptors (Lipinski definition) is 3. The summed E-state index contributed by atoms with van der Waals surface area (Å²) in [5.74, 6) is 0.492. The van der Waals surface area contributed by atoms with Crippen molar-refractivity contribution in [2.45, 2.75) is 19.8 Å². The van der Waals surface area contributed by atoms with Crippen LogP contribution in [-0.4, -0.2) is 9.78 Å². The molecule has 0 aliphatic rings. The van der Waals surface area contributed by atoms with E-state index in [2.05, 4.69) is 36.6 Å². The molecule has 0 aliphatic carbocycles. The van der Waals surface area contributed by atoms with E-state index in [1.165, 1.54) is 0 Å². The van der Waals surface area contributed by atoms with Crippen LogP contribution < -0.4 is 5.32 Å². The van der Waals surface area contributed by atoms with Gasteiger partial charge in [-0.05, 0) is 35.3 Å². The molecule has 2 aromatic carbocycles. The van der Waals surface area contributed by atoms with Gasteiger partial charge in [-0.2, -0.15) is 5.26 Å². The Balaban J connectivity index is 1.83. The van der Waals surface area contributed by atoms with E-state index in [1.807, 2.05) is 54.6 Å². The minimum absolute atomic E-state index is 0.464. The van der Waals surface area contributed by atoms with E-state index in [1.54, 1.807) is 10.9 Å². The highest BCUT2D eigenvalue weighted by molar-refractivity contribution is 5.76. The third-order valence-corrected chi connectivity index (χ3v) is 4.32. The Bertz CT molecular complexity index is 989. The zero-order valence-electron chi connectivity index (χ0n) is 15.4. The second-order valence-corrected chi connectivity index (χ2v) is 6.32. The van der Waals surface area contributed by atoms with Gasteiger partial charge in [-0.1, -0.05) is 69.0 Å². The minimum atomic E-state index is 0.464. The summed E-state index contributed by atoms with van der Waals surface area (Å²) in [6.45, 7) is 10.3. The lowest BCUT2D eigenvalue weighted by atomic mass is 10.0. The Hall–Kier alpha value is -3.58. The summed E-state index contributed by atoms with van der Waals surface area (Å²) in [4.78, 5) is 0. The van der Waals surface area contributed by atoms with Gasteiger partial charge in [0.2, 0.25) is 0 Å². The number of rotatable bonds is 7. The second kappa shape index (κ2) is 8.20. The number of aromatic nitrogens is 2. The number of anilines is 1. The van der Waals surface area contributed by atoms with Gasteiger partial charge >= 0.3 is 0 Å². The number of hydrogen-bond donors (Lipinski definition) is 1. The molecule has 4 nitrogen and oxygen atoms in total. The van der Waals surface area contributed by atoms with Gasteiger partial charge in [0.25, 0.3) is 0 Å². The van der Waals surface area contributed by atoms with Crippen molar-refractivity contribution in [3.05, 3.63) is 90.6 Å². The van der Waals surface area contributed by atoms with Crippen molar-refractivity contribution >= 4 is 17.1 Å². The SMILES string of the molecule is C=C(CCC)c1ccc(-n2cc(C#N)c(NC(=C)c3ccccc3)n2)cc1. The fraction of sp³-hybridized carbons (Fsp3) is 0.130. The second-order valence-electron chi connectivity index (χ2n) is 6.32. The molecule has 3 rings (SSSR count). The average molecular weight is 354 g/mol. The highest BCUT2D eigenvalue weighted by Gasteiger charge is 2.11. The molecule has 1 aromatic heterocycles. The fourth-order valence-corrected chi connectivity index (χ4v) is 2.83. The first-order chi connectivity index (χ1) is 13.1. The topological polar surface area (TPSA) is 53.6 Å². The molecule has 0 aliphatic heterocycles.